The minimum absolute atomic E-state index is 0.0955. The Bertz CT molecular complexity index is 339. The van der Waals surface area contributed by atoms with Crippen LogP contribution in [0, 0.1) is 6.92 Å². The minimum Gasteiger partial charge on any atom is -0.361 e. The number of aromatic nitrogens is 1. The lowest BCUT2D eigenvalue weighted by atomic mass is 10.1. The molecule has 0 saturated carbocycles. The third-order valence-electron chi connectivity index (χ3n) is 1.76. The number of aryl methyl sites for hydroxylation is 1. The average Bonchev–Trinajstić information content (AvgIpc) is 2.47. The van der Waals surface area contributed by atoms with Crippen LogP contribution in [0.2, 0.25) is 0 Å². The molecule has 0 aliphatic carbocycles. The van der Waals surface area contributed by atoms with E-state index in [4.69, 9.17) is 10.3 Å². The van der Waals surface area contributed by atoms with E-state index >= 15 is 0 Å². The first kappa shape index (κ1) is 11.7. The first-order chi connectivity index (χ1) is 6.87. The number of carbonyl (C=O) groups is 1. The molecular weight excluding hydrogens is 194 g/mol. The Balaban J connectivity index is 2.37. The smallest absolute Gasteiger partial charge is 0.226 e. The number of nitrogens with zero attached hydrogens (tertiary/aromatic N) is 1. The molecule has 0 aromatic carbocycles. The van der Waals surface area contributed by atoms with E-state index < -0.39 is 5.54 Å². The molecular formula is C10H17N3O2. The first-order valence-electron chi connectivity index (χ1n) is 4.84. The molecule has 0 unspecified atom stereocenters. The van der Waals surface area contributed by atoms with E-state index in [1.165, 1.54) is 0 Å². The predicted octanol–water partition coefficient (Wildman–Crippen LogP) is 0.379. The molecule has 15 heavy (non-hydrogen) atoms. The summed E-state index contributed by atoms with van der Waals surface area (Å²) in [4.78, 5) is 11.4. The van der Waals surface area contributed by atoms with Gasteiger partial charge in [0, 0.05) is 18.2 Å². The maximum Gasteiger partial charge on any atom is 0.226 e. The zero-order chi connectivity index (χ0) is 11.5. The van der Waals surface area contributed by atoms with Gasteiger partial charge in [-0.1, -0.05) is 5.16 Å². The Morgan fingerprint density at radius 3 is 2.80 bits per heavy atom. The Labute approximate surface area is 89.0 Å². The van der Waals surface area contributed by atoms with Crippen LogP contribution in [0.5, 0.6) is 0 Å². The normalized spacial score (nSPS) is 11.5. The molecule has 0 bridgehead atoms. The van der Waals surface area contributed by atoms with Crippen LogP contribution in [-0.4, -0.2) is 23.1 Å². The second kappa shape index (κ2) is 4.44. The number of nitrogens with one attached hydrogen (secondary N) is 1. The number of hydrogen-bond donors (Lipinski definition) is 2. The summed E-state index contributed by atoms with van der Waals surface area (Å²) < 4.78 is 4.86. The van der Waals surface area contributed by atoms with Crippen LogP contribution >= 0.6 is 0 Å². The SMILES string of the molecule is Cc1cc(CC(=O)NCC(C)(C)N)no1. The average molecular weight is 211 g/mol. The van der Waals surface area contributed by atoms with E-state index in [0.29, 0.717) is 18.0 Å². The van der Waals surface area contributed by atoms with Crippen molar-refractivity contribution in [1.82, 2.24) is 10.5 Å². The van der Waals surface area contributed by atoms with E-state index in [1.807, 2.05) is 13.8 Å². The summed E-state index contributed by atoms with van der Waals surface area (Å²) in [5.41, 5.74) is 5.98. The van der Waals surface area contributed by atoms with Gasteiger partial charge in [0.25, 0.3) is 0 Å². The van der Waals surface area contributed by atoms with E-state index in [2.05, 4.69) is 10.5 Å². The van der Waals surface area contributed by atoms with Gasteiger partial charge in [-0.25, -0.2) is 0 Å². The lowest BCUT2D eigenvalue weighted by Crippen LogP contribution is -2.45. The van der Waals surface area contributed by atoms with Crippen LogP contribution in [0.3, 0.4) is 0 Å². The minimum atomic E-state index is -0.393. The summed E-state index contributed by atoms with van der Waals surface area (Å²) in [6.07, 6.45) is 0.230. The fourth-order valence-corrected chi connectivity index (χ4v) is 1.05. The van der Waals surface area contributed by atoms with Crippen molar-refractivity contribution in [2.75, 3.05) is 6.54 Å². The van der Waals surface area contributed by atoms with Crippen LogP contribution in [0.1, 0.15) is 25.3 Å². The van der Waals surface area contributed by atoms with Crippen molar-refractivity contribution >= 4 is 5.91 Å². The van der Waals surface area contributed by atoms with Crippen LogP contribution in [0.15, 0.2) is 10.6 Å². The second-order valence-corrected chi connectivity index (χ2v) is 4.37. The molecule has 0 aliphatic rings. The molecule has 1 aromatic heterocycles. The molecule has 5 heteroatoms. The Hall–Kier alpha value is -1.36. The van der Waals surface area contributed by atoms with Crippen molar-refractivity contribution in [3.8, 4) is 0 Å². The topological polar surface area (TPSA) is 81.2 Å². The summed E-state index contributed by atoms with van der Waals surface area (Å²) in [5, 5.41) is 6.47. The van der Waals surface area contributed by atoms with Gasteiger partial charge >= 0.3 is 0 Å². The number of nitrogens with two attached hydrogens (primary N) is 1. The predicted molar refractivity (Wildman–Crippen MR) is 56.2 cm³/mol. The van der Waals surface area contributed by atoms with Crippen molar-refractivity contribution < 1.29 is 9.32 Å². The zero-order valence-electron chi connectivity index (χ0n) is 9.33. The molecule has 1 rings (SSSR count). The van der Waals surface area contributed by atoms with Gasteiger partial charge in [0.1, 0.15) is 5.76 Å². The zero-order valence-corrected chi connectivity index (χ0v) is 9.33. The van der Waals surface area contributed by atoms with Crippen LogP contribution in [0.25, 0.3) is 0 Å². The Morgan fingerprint density at radius 2 is 2.33 bits per heavy atom. The van der Waals surface area contributed by atoms with E-state index in [1.54, 1.807) is 13.0 Å². The van der Waals surface area contributed by atoms with Gasteiger partial charge in [-0.05, 0) is 20.8 Å². The van der Waals surface area contributed by atoms with Gasteiger partial charge in [0.2, 0.25) is 5.91 Å². The lowest BCUT2D eigenvalue weighted by molar-refractivity contribution is -0.120. The highest BCUT2D eigenvalue weighted by Gasteiger charge is 2.13. The third kappa shape index (κ3) is 4.60. The first-order valence-corrected chi connectivity index (χ1v) is 4.84. The van der Waals surface area contributed by atoms with Crippen molar-refractivity contribution in [2.24, 2.45) is 5.73 Å². The van der Waals surface area contributed by atoms with Crippen molar-refractivity contribution in [3.05, 3.63) is 17.5 Å². The maximum atomic E-state index is 11.4. The molecule has 0 radical (unpaired) electrons. The Kier molecular flexibility index (Phi) is 3.47. The van der Waals surface area contributed by atoms with Crippen molar-refractivity contribution in [2.45, 2.75) is 32.7 Å². The highest BCUT2D eigenvalue weighted by molar-refractivity contribution is 5.78. The number of rotatable bonds is 4. The molecule has 5 nitrogen and oxygen atoms in total. The van der Waals surface area contributed by atoms with Gasteiger partial charge in [0.15, 0.2) is 0 Å². The summed E-state index contributed by atoms with van der Waals surface area (Å²) in [7, 11) is 0. The van der Waals surface area contributed by atoms with Gasteiger partial charge in [-0.3, -0.25) is 4.79 Å². The standard InChI is InChI=1S/C10H17N3O2/c1-7-4-8(13-15-7)5-9(14)12-6-10(2,3)11/h4H,5-6,11H2,1-3H3,(H,12,14). The van der Waals surface area contributed by atoms with Crippen molar-refractivity contribution in [3.63, 3.8) is 0 Å². The summed E-state index contributed by atoms with van der Waals surface area (Å²) in [6, 6.07) is 1.74. The quantitative estimate of drug-likeness (QED) is 0.754. The highest BCUT2D eigenvalue weighted by Crippen LogP contribution is 2.02. The molecule has 0 saturated heterocycles. The van der Waals surface area contributed by atoms with E-state index in [-0.39, 0.29) is 12.3 Å². The summed E-state index contributed by atoms with van der Waals surface area (Å²) in [6.45, 7) is 5.95. The van der Waals surface area contributed by atoms with E-state index in [9.17, 15) is 4.79 Å². The molecule has 1 heterocycles. The third-order valence-corrected chi connectivity index (χ3v) is 1.76. The fraction of sp³-hybridized carbons (Fsp3) is 0.600. The Morgan fingerprint density at radius 1 is 1.67 bits per heavy atom. The maximum absolute atomic E-state index is 11.4. The molecule has 1 aromatic rings. The van der Waals surface area contributed by atoms with Gasteiger partial charge in [0.05, 0.1) is 12.1 Å². The number of hydrogen-bond acceptors (Lipinski definition) is 4. The van der Waals surface area contributed by atoms with E-state index in [0.717, 1.165) is 0 Å². The molecule has 3 N–H and O–H groups in total. The summed E-state index contributed by atoms with van der Waals surface area (Å²) >= 11 is 0. The highest BCUT2D eigenvalue weighted by atomic mass is 16.5. The lowest BCUT2D eigenvalue weighted by Gasteiger charge is -2.18. The molecule has 1 amide bonds. The molecule has 0 atom stereocenters. The number of carbonyl (C=O) groups excluding carboxylic acids is 1. The monoisotopic (exact) mass is 211 g/mol. The van der Waals surface area contributed by atoms with Crippen LogP contribution in [-0.2, 0) is 11.2 Å². The van der Waals surface area contributed by atoms with Crippen LogP contribution < -0.4 is 11.1 Å². The van der Waals surface area contributed by atoms with Gasteiger partial charge in [-0.2, -0.15) is 0 Å². The molecule has 0 fully saturated rings. The molecule has 0 spiro atoms. The second-order valence-electron chi connectivity index (χ2n) is 4.37. The van der Waals surface area contributed by atoms with Gasteiger partial charge < -0.3 is 15.6 Å². The van der Waals surface area contributed by atoms with Gasteiger partial charge in [-0.15, -0.1) is 0 Å². The molecule has 0 aliphatic heterocycles. The molecule has 84 valence electrons. The van der Waals surface area contributed by atoms with Crippen LogP contribution in [0.4, 0.5) is 0 Å². The summed E-state index contributed by atoms with van der Waals surface area (Å²) in [5.74, 6) is 0.610. The number of amides is 1. The fourth-order valence-electron chi connectivity index (χ4n) is 1.05. The largest absolute Gasteiger partial charge is 0.361 e. The van der Waals surface area contributed by atoms with Crippen molar-refractivity contribution in [1.29, 1.82) is 0 Å².